The lowest BCUT2D eigenvalue weighted by Gasteiger charge is -2.31. The van der Waals surface area contributed by atoms with Crippen LogP contribution in [0.5, 0.6) is 0 Å². The second-order valence-electron chi connectivity index (χ2n) is 6.54. The molecule has 1 N–H and O–H groups in total. The summed E-state index contributed by atoms with van der Waals surface area (Å²) in [5, 5.41) is 6.67. The number of alkyl halides is 3. The average molecular weight is 366 g/mol. The van der Waals surface area contributed by atoms with Crippen molar-refractivity contribution in [3.8, 4) is 0 Å². The molecule has 1 saturated heterocycles. The van der Waals surface area contributed by atoms with E-state index in [0.717, 1.165) is 50.0 Å². The second kappa shape index (κ2) is 7.39. The second-order valence-corrected chi connectivity index (χ2v) is 6.54. The van der Waals surface area contributed by atoms with Crippen LogP contribution in [0.25, 0.3) is 0 Å². The number of nitrogens with one attached hydrogen (secondary N) is 1. The fraction of sp³-hybridized carbons (Fsp3) is 0.444. The van der Waals surface area contributed by atoms with Gasteiger partial charge in [-0.2, -0.15) is 18.3 Å². The minimum Gasteiger partial charge on any atom is -0.370 e. The number of carbonyl (C=O) groups excluding carboxylic acids is 1. The SMILES string of the molecule is Cc1cnn(CC(=O)Nc2cc(C(F)(F)F)ccc2N2CCCCC2)c1. The number of aromatic nitrogens is 2. The van der Waals surface area contributed by atoms with Gasteiger partial charge in [0.15, 0.2) is 0 Å². The van der Waals surface area contributed by atoms with Gasteiger partial charge in [0.2, 0.25) is 5.91 Å². The molecule has 1 fully saturated rings. The molecule has 5 nitrogen and oxygen atoms in total. The number of hydrogen-bond donors (Lipinski definition) is 1. The molecular weight excluding hydrogens is 345 g/mol. The topological polar surface area (TPSA) is 50.2 Å². The lowest BCUT2D eigenvalue weighted by Crippen LogP contribution is -2.31. The molecule has 1 amide bonds. The summed E-state index contributed by atoms with van der Waals surface area (Å²) < 4.78 is 40.7. The van der Waals surface area contributed by atoms with Crippen molar-refractivity contribution in [1.82, 2.24) is 9.78 Å². The number of aryl methyl sites for hydroxylation is 1. The van der Waals surface area contributed by atoms with Crippen LogP contribution in [-0.2, 0) is 17.5 Å². The Balaban J connectivity index is 1.84. The highest BCUT2D eigenvalue weighted by atomic mass is 19.4. The van der Waals surface area contributed by atoms with Gasteiger partial charge in [-0.15, -0.1) is 0 Å². The van der Waals surface area contributed by atoms with E-state index in [1.165, 1.54) is 10.7 Å². The third-order valence-electron chi connectivity index (χ3n) is 4.36. The maximum absolute atomic E-state index is 13.1. The number of rotatable bonds is 4. The monoisotopic (exact) mass is 366 g/mol. The first-order chi connectivity index (χ1) is 12.3. The summed E-state index contributed by atoms with van der Waals surface area (Å²) in [6, 6.07) is 3.52. The van der Waals surface area contributed by atoms with E-state index >= 15 is 0 Å². The fourth-order valence-electron chi connectivity index (χ4n) is 3.11. The van der Waals surface area contributed by atoms with E-state index in [1.807, 2.05) is 11.8 Å². The third-order valence-corrected chi connectivity index (χ3v) is 4.36. The van der Waals surface area contributed by atoms with Crippen LogP contribution in [0.3, 0.4) is 0 Å². The first kappa shape index (κ1) is 18.3. The number of amides is 1. The normalized spacial score (nSPS) is 15.2. The van der Waals surface area contributed by atoms with Gasteiger partial charge in [-0.25, -0.2) is 0 Å². The van der Waals surface area contributed by atoms with E-state index < -0.39 is 17.6 Å². The van der Waals surface area contributed by atoms with Gasteiger partial charge in [-0.3, -0.25) is 9.48 Å². The summed E-state index contributed by atoms with van der Waals surface area (Å²) in [6.07, 6.45) is 1.95. The van der Waals surface area contributed by atoms with Crippen LogP contribution < -0.4 is 10.2 Å². The van der Waals surface area contributed by atoms with E-state index in [4.69, 9.17) is 0 Å². The molecule has 1 aliphatic rings. The maximum atomic E-state index is 13.1. The Morgan fingerprint density at radius 1 is 1.23 bits per heavy atom. The molecule has 0 radical (unpaired) electrons. The zero-order valence-electron chi connectivity index (χ0n) is 14.5. The first-order valence-corrected chi connectivity index (χ1v) is 8.58. The molecule has 0 spiro atoms. The summed E-state index contributed by atoms with van der Waals surface area (Å²) >= 11 is 0. The third kappa shape index (κ3) is 4.36. The van der Waals surface area contributed by atoms with Gasteiger partial charge in [-0.05, 0) is 49.9 Å². The van der Waals surface area contributed by atoms with Crippen LogP contribution in [-0.4, -0.2) is 28.8 Å². The smallest absolute Gasteiger partial charge is 0.370 e. The molecule has 1 aliphatic heterocycles. The number of hydrogen-bond acceptors (Lipinski definition) is 3. The molecule has 140 valence electrons. The molecule has 8 heteroatoms. The predicted octanol–water partition coefficient (Wildman–Crippen LogP) is 3.84. The van der Waals surface area contributed by atoms with Crippen LogP contribution in [0, 0.1) is 6.92 Å². The van der Waals surface area contributed by atoms with Crippen molar-refractivity contribution in [3.63, 3.8) is 0 Å². The summed E-state index contributed by atoms with van der Waals surface area (Å²) in [6.45, 7) is 3.34. The van der Waals surface area contributed by atoms with Gasteiger partial charge in [0.05, 0.1) is 23.1 Å². The summed E-state index contributed by atoms with van der Waals surface area (Å²) in [7, 11) is 0. The Labute approximate surface area is 149 Å². The number of piperidine rings is 1. The largest absolute Gasteiger partial charge is 0.416 e. The van der Waals surface area contributed by atoms with Crippen LogP contribution in [0.1, 0.15) is 30.4 Å². The molecule has 3 rings (SSSR count). The highest BCUT2D eigenvalue weighted by Gasteiger charge is 2.31. The standard InChI is InChI=1S/C18H21F3N4O/c1-13-10-22-25(11-13)12-17(26)23-15-9-14(18(19,20)21)5-6-16(15)24-7-3-2-4-8-24/h5-6,9-11H,2-4,7-8,12H2,1H3,(H,23,26). The van der Waals surface area contributed by atoms with E-state index in [-0.39, 0.29) is 12.2 Å². The lowest BCUT2D eigenvalue weighted by atomic mass is 10.1. The molecule has 1 aromatic carbocycles. The van der Waals surface area contributed by atoms with Crippen molar-refractivity contribution < 1.29 is 18.0 Å². The zero-order valence-corrected chi connectivity index (χ0v) is 14.5. The molecule has 0 aliphatic carbocycles. The van der Waals surface area contributed by atoms with Gasteiger partial charge in [0.25, 0.3) is 0 Å². The quantitative estimate of drug-likeness (QED) is 0.895. The molecule has 26 heavy (non-hydrogen) atoms. The Bertz CT molecular complexity index is 779. The molecular formula is C18H21F3N4O. The molecule has 0 bridgehead atoms. The molecule has 0 saturated carbocycles. The Hall–Kier alpha value is -2.51. The number of carbonyl (C=O) groups is 1. The first-order valence-electron chi connectivity index (χ1n) is 8.58. The summed E-state index contributed by atoms with van der Waals surface area (Å²) in [4.78, 5) is 14.3. The predicted molar refractivity (Wildman–Crippen MR) is 93.1 cm³/mol. The number of anilines is 2. The lowest BCUT2D eigenvalue weighted by molar-refractivity contribution is -0.137. The van der Waals surface area contributed by atoms with Gasteiger partial charge >= 0.3 is 6.18 Å². The van der Waals surface area contributed by atoms with Gasteiger partial charge < -0.3 is 10.2 Å². The van der Waals surface area contributed by atoms with E-state index in [9.17, 15) is 18.0 Å². The molecule has 0 unspecified atom stereocenters. The van der Waals surface area contributed by atoms with E-state index in [0.29, 0.717) is 5.69 Å². The highest BCUT2D eigenvalue weighted by Crippen LogP contribution is 2.36. The van der Waals surface area contributed by atoms with Crippen molar-refractivity contribution in [3.05, 3.63) is 41.7 Å². The Kier molecular flexibility index (Phi) is 5.20. The molecule has 2 aromatic rings. The van der Waals surface area contributed by atoms with E-state index in [1.54, 1.807) is 12.4 Å². The number of nitrogens with zero attached hydrogens (tertiary/aromatic N) is 3. The maximum Gasteiger partial charge on any atom is 0.416 e. The van der Waals surface area contributed by atoms with Crippen LogP contribution in [0.15, 0.2) is 30.6 Å². The van der Waals surface area contributed by atoms with Crippen LogP contribution in [0.2, 0.25) is 0 Å². The van der Waals surface area contributed by atoms with Gasteiger partial charge in [-0.1, -0.05) is 0 Å². The molecule has 1 aromatic heterocycles. The summed E-state index contributed by atoms with van der Waals surface area (Å²) in [5.41, 5.74) is 0.952. The number of halogens is 3. The van der Waals surface area contributed by atoms with Crippen molar-refractivity contribution in [1.29, 1.82) is 0 Å². The van der Waals surface area contributed by atoms with E-state index in [2.05, 4.69) is 10.4 Å². The van der Waals surface area contributed by atoms with Gasteiger partial charge in [0, 0.05) is 19.3 Å². The average Bonchev–Trinajstić information content (AvgIpc) is 2.99. The van der Waals surface area contributed by atoms with Crippen molar-refractivity contribution in [2.45, 2.75) is 38.9 Å². The molecule has 2 heterocycles. The van der Waals surface area contributed by atoms with Crippen LogP contribution >= 0.6 is 0 Å². The minimum absolute atomic E-state index is 0.0521. The molecule has 0 atom stereocenters. The summed E-state index contributed by atoms with van der Waals surface area (Å²) in [5.74, 6) is -0.411. The fourth-order valence-corrected chi connectivity index (χ4v) is 3.11. The number of benzene rings is 1. The van der Waals surface area contributed by atoms with Gasteiger partial charge in [0.1, 0.15) is 6.54 Å². The van der Waals surface area contributed by atoms with Crippen LogP contribution in [0.4, 0.5) is 24.5 Å². The Morgan fingerprint density at radius 2 is 1.96 bits per heavy atom. The zero-order chi connectivity index (χ0) is 18.7. The Morgan fingerprint density at radius 3 is 2.58 bits per heavy atom. The minimum atomic E-state index is -4.46. The van der Waals surface area contributed by atoms with Crippen molar-refractivity contribution in [2.24, 2.45) is 0 Å². The van der Waals surface area contributed by atoms with Crippen molar-refractivity contribution in [2.75, 3.05) is 23.3 Å². The highest BCUT2D eigenvalue weighted by molar-refractivity contribution is 5.94. The van der Waals surface area contributed by atoms with Crippen molar-refractivity contribution >= 4 is 17.3 Å².